The minimum atomic E-state index is -0.265. The molecule has 2 aromatic rings. The van der Waals surface area contributed by atoms with Gasteiger partial charge in [0.25, 0.3) is 0 Å². The highest BCUT2D eigenvalue weighted by Gasteiger charge is 2.03. The van der Waals surface area contributed by atoms with Crippen LogP contribution in [0.2, 0.25) is 0 Å². The van der Waals surface area contributed by atoms with Crippen molar-refractivity contribution in [2.45, 2.75) is 6.54 Å². The number of hydrogen-bond acceptors (Lipinski definition) is 4. The maximum atomic E-state index is 12.8. The van der Waals surface area contributed by atoms with Gasteiger partial charge in [-0.2, -0.15) is 5.10 Å². The topological polar surface area (TPSA) is 54.9 Å². The molecule has 7 heteroatoms. The summed E-state index contributed by atoms with van der Waals surface area (Å²) < 4.78 is 23.2. The van der Waals surface area contributed by atoms with Crippen LogP contribution in [-0.2, 0) is 6.54 Å². The van der Waals surface area contributed by atoms with Crippen LogP contribution in [0.1, 0.15) is 11.1 Å². The van der Waals surface area contributed by atoms with Crippen molar-refractivity contribution in [1.29, 1.82) is 0 Å². The van der Waals surface area contributed by atoms with Crippen LogP contribution >= 0.6 is 12.2 Å². The minimum absolute atomic E-state index is 0.265. The molecule has 0 spiro atoms. The number of ether oxygens (including phenoxy) is 2. The summed E-state index contributed by atoms with van der Waals surface area (Å²) in [4.78, 5) is 0. The first-order valence-electron chi connectivity index (χ1n) is 7.15. The first-order valence-corrected chi connectivity index (χ1v) is 7.56. The maximum Gasteiger partial charge on any atom is 0.187 e. The molecule has 0 saturated heterocycles. The van der Waals surface area contributed by atoms with Gasteiger partial charge < -0.3 is 14.8 Å². The Balaban J connectivity index is 1.84. The molecule has 0 amide bonds. The van der Waals surface area contributed by atoms with Crippen molar-refractivity contribution in [3.63, 3.8) is 0 Å². The number of nitrogens with one attached hydrogen (secondary N) is 2. The largest absolute Gasteiger partial charge is 0.493 e. The molecule has 2 rings (SSSR count). The Kier molecular flexibility index (Phi) is 6.51. The zero-order valence-corrected chi connectivity index (χ0v) is 14.2. The standard InChI is InChI=1S/C17H18FN3O2S/c1-22-15-8-5-13(9-16(15)23-2)11-20-21-17(24)19-10-12-3-6-14(18)7-4-12/h3-9,11H,10H2,1-2H3,(H2,19,21,24)/b20-11-. The maximum absolute atomic E-state index is 12.8. The van der Waals surface area contributed by atoms with Crippen LogP contribution in [0.25, 0.3) is 0 Å². The summed E-state index contributed by atoms with van der Waals surface area (Å²) in [5.74, 6) is 1.01. The second-order valence-electron chi connectivity index (χ2n) is 4.79. The molecule has 0 saturated carbocycles. The lowest BCUT2D eigenvalue weighted by Gasteiger charge is -2.08. The van der Waals surface area contributed by atoms with Gasteiger partial charge in [-0.05, 0) is 53.7 Å². The fraction of sp³-hybridized carbons (Fsp3) is 0.176. The first-order chi connectivity index (χ1) is 11.6. The lowest BCUT2D eigenvalue weighted by atomic mass is 10.2. The number of nitrogens with zero attached hydrogens (tertiary/aromatic N) is 1. The van der Waals surface area contributed by atoms with E-state index in [2.05, 4.69) is 15.8 Å². The second-order valence-corrected chi connectivity index (χ2v) is 5.20. The van der Waals surface area contributed by atoms with E-state index in [9.17, 15) is 4.39 Å². The second kappa shape index (κ2) is 8.83. The van der Waals surface area contributed by atoms with Crippen LogP contribution in [0.3, 0.4) is 0 Å². The van der Waals surface area contributed by atoms with Gasteiger partial charge in [0, 0.05) is 6.54 Å². The summed E-state index contributed by atoms with van der Waals surface area (Å²) in [6.07, 6.45) is 1.62. The lowest BCUT2D eigenvalue weighted by molar-refractivity contribution is 0.355. The summed E-state index contributed by atoms with van der Waals surface area (Å²) in [5, 5.41) is 7.42. The predicted octanol–water partition coefficient (Wildman–Crippen LogP) is 2.84. The van der Waals surface area contributed by atoms with Gasteiger partial charge in [-0.3, -0.25) is 5.43 Å². The highest BCUT2D eigenvalue weighted by molar-refractivity contribution is 7.80. The average molecular weight is 347 g/mol. The van der Waals surface area contributed by atoms with Crippen molar-refractivity contribution in [3.8, 4) is 11.5 Å². The van der Waals surface area contributed by atoms with E-state index in [1.807, 2.05) is 6.07 Å². The fourth-order valence-corrected chi connectivity index (χ4v) is 2.05. The molecule has 0 fully saturated rings. The van der Waals surface area contributed by atoms with Crippen LogP contribution in [0.5, 0.6) is 11.5 Å². The molecular weight excluding hydrogens is 329 g/mol. The molecule has 126 valence electrons. The minimum Gasteiger partial charge on any atom is -0.493 e. The van der Waals surface area contributed by atoms with Gasteiger partial charge in [0.15, 0.2) is 16.6 Å². The van der Waals surface area contributed by atoms with Crippen molar-refractivity contribution >= 4 is 23.5 Å². The van der Waals surface area contributed by atoms with E-state index in [1.54, 1.807) is 44.7 Å². The third kappa shape index (κ3) is 5.20. The molecule has 0 bridgehead atoms. The van der Waals surface area contributed by atoms with Gasteiger partial charge >= 0.3 is 0 Å². The summed E-state index contributed by atoms with van der Waals surface area (Å²) in [7, 11) is 3.16. The van der Waals surface area contributed by atoms with E-state index in [4.69, 9.17) is 21.7 Å². The van der Waals surface area contributed by atoms with Crippen molar-refractivity contribution in [3.05, 3.63) is 59.4 Å². The van der Waals surface area contributed by atoms with E-state index in [1.165, 1.54) is 12.1 Å². The zero-order chi connectivity index (χ0) is 17.4. The van der Waals surface area contributed by atoms with Crippen LogP contribution in [0.4, 0.5) is 4.39 Å². The molecule has 0 aliphatic rings. The molecule has 24 heavy (non-hydrogen) atoms. The Morgan fingerprint density at radius 1 is 1.12 bits per heavy atom. The Morgan fingerprint density at radius 2 is 1.83 bits per heavy atom. The van der Waals surface area contributed by atoms with Crippen molar-refractivity contribution in [1.82, 2.24) is 10.7 Å². The number of benzene rings is 2. The quantitative estimate of drug-likeness (QED) is 0.478. The van der Waals surface area contributed by atoms with E-state index in [-0.39, 0.29) is 5.82 Å². The third-order valence-electron chi connectivity index (χ3n) is 3.15. The van der Waals surface area contributed by atoms with Crippen molar-refractivity contribution in [2.24, 2.45) is 5.10 Å². The molecule has 0 aliphatic carbocycles. The van der Waals surface area contributed by atoms with Gasteiger partial charge in [-0.25, -0.2) is 4.39 Å². The number of hydrazone groups is 1. The SMILES string of the molecule is COc1ccc(/C=N\NC(=S)NCc2ccc(F)cc2)cc1OC. The molecule has 2 N–H and O–H groups in total. The normalized spacial score (nSPS) is 10.5. The van der Waals surface area contributed by atoms with E-state index in [0.29, 0.717) is 23.2 Å². The van der Waals surface area contributed by atoms with Gasteiger partial charge in [-0.15, -0.1) is 0 Å². The number of hydrogen-bond donors (Lipinski definition) is 2. The van der Waals surface area contributed by atoms with Crippen LogP contribution < -0.4 is 20.2 Å². The summed E-state index contributed by atoms with van der Waals surface area (Å²) in [5.41, 5.74) is 4.48. The monoisotopic (exact) mass is 347 g/mol. The molecular formula is C17H18FN3O2S. The number of methoxy groups -OCH3 is 2. The van der Waals surface area contributed by atoms with Crippen molar-refractivity contribution < 1.29 is 13.9 Å². The van der Waals surface area contributed by atoms with E-state index >= 15 is 0 Å². The summed E-state index contributed by atoms with van der Waals surface area (Å²) in [6.45, 7) is 0.484. The zero-order valence-electron chi connectivity index (χ0n) is 13.4. The first kappa shape index (κ1) is 17.7. The fourth-order valence-electron chi connectivity index (χ4n) is 1.92. The number of halogens is 1. The van der Waals surface area contributed by atoms with E-state index in [0.717, 1.165) is 11.1 Å². The molecule has 0 heterocycles. The van der Waals surface area contributed by atoms with Gasteiger partial charge in [-0.1, -0.05) is 12.1 Å². The molecule has 0 radical (unpaired) electrons. The molecule has 2 aromatic carbocycles. The molecule has 0 atom stereocenters. The molecule has 0 unspecified atom stereocenters. The highest BCUT2D eigenvalue weighted by atomic mass is 32.1. The summed E-state index contributed by atoms with van der Waals surface area (Å²) in [6, 6.07) is 11.6. The van der Waals surface area contributed by atoms with Crippen LogP contribution in [0, 0.1) is 5.82 Å². The number of thiocarbonyl (C=S) groups is 1. The third-order valence-corrected chi connectivity index (χ3v) is 3.39. The van der Waals surface area contributed by atoms with E-state index < -0.39 is 0 Å². The molecule has 0 aliphatic heterocycles. The Morgan fingerprint density at radius 3 is 2.50 bits per heavy atom. The van der Waals surface area contributed by atoms with Gasteiger partial charge in [0.2, 0.25) is 0 Å². The van der Waals surface area contributed by atoms with Gasteiger partial charge in [0.05, 0.1) is 20.4 Å². The highest BCUT2D eigenvalue weighted by Crippen LogP contribution is 2.26. The average Bonchev–Trinajstić information content (AvgIpc) is 2.61. The van der Waals surface area contributed by atoms with Crippen LogP contribution in [-0.4, -0.2) is 25.5 Å². The van der Waals surface area contributed by atoms with Crippen LogP contribution in [0.15, 0.2) is 47.6 Å². The Bertz CT molecular complexity index is 720. The smallest absolute Gasteiger partial charge is 0.187 e. The predicted molar refractivity (Wildman–Crippen MR) is 96.1 cm³/mol. The molecule has 5 nitrogen and oxygen atoms in total. The number of rotatable bonds is 6. The lowest BCUT2D eigenvalue weighted by Crippen LogP contribution is -2.31. The van der Waals surface area contributed by atoms with Crippen molar-refractivity contribution in [2.75, 3.05) is 14.2 Å². The Hall–Kier alpha value is -2.67. The Labute approximate surface area is 145 Å². The summed E-state index contributed by atoms with van der Waals surface area (Å²) >= 11 is 5.13. The van der Waals surface area contributed by atoms with Gasteiger partial charge in [0.1, 0.15) is 5.82 Å². The molecule has 0 aromatic heterocycles.